The van der Waals surface area contributed by atoms with Crippen molar-refractivity contribution >= 4 is 21.8 Å². The van der Waals surface area contributed by atoms with Crippen LogP contribution in [0.4, 0.5) is 0 Å². The van der Waals surface area contributed by atoms with Crippen molar-refractivity contribution in [1.29, 1.82) is 0 Å². The minimum absolute atomic E-state index is 0.177. The normalized spacial score (nSPS) is 10.3. The van der Waals surface area contributed by atoms with Crippen molar-refractivity contribution in [3.05, 3.63) is 40.5 Å². The summed E-state index contributed by atoms with van der Waals surface area (Å²) in [6.45, 7) is 0. The number of amides is 1. The first-order valence-corrected chi connectivity index (χ1v) is 5.93. The lowest BCUT2D eigenvalue weighted by molar-refractivity contribution is 0.0957. The first kappa shape index (κ1) is 11.9. The minimum atomic E-state index is -0.177. The van der Waals surface area contributed by atoms with E-state index in [1.165, 1.54) is 0 Å². The molecular formula is C12H12BrN3O. The number of hydrogen-bond acceptors (Lipinski definition) is 2. The van der Waals surface area contributed by atoms with E-state index in [4.69, 9.17) is 0 Å². The third kappa shape index (κ3) is 2.39. The van der Waals surface area contributed by atoms with Crippen LogP contribution in [0.25, 0.3) is 11.3 Å². The zero-order valence-corrected chi connectivity index (χ0v) is 11.2. The highest BCUT2D eigenvalue weighted by Gasteiger charge is 2.12. The number of hydrogen-bond donors (Lipinski definition) is 1. The topological polar surface area (TPSA) is 46.9 Å². The van der Waals surface area contributed by atoms with E-state index < -0.39 is 0 Å². The Labute approximate surface area is 108 Å². The number of rotatable bonds is 2. The molecule has 1 aromatic heterocycles. The molecule has 0 saturated heterocycles. The lowest BCUT2D eigenvalue weighted by atomic mass is 10.1. The molecule has 0 fully saturated rings. The maximum atomic E-state index is 11.5. The fourth-order valence-electron chi connectivity index (χ4n) is 1.60. The van der Waals surface area contributed by atoms with Gasteiger partial charge in [0, 0.05) is 18.6 Å². The highest BCUT2D eigenvalue weighted by atomic mass is 79.9. The fraction of sp³-hybridized carbons (Fsp3) is 0.167. The van der Waals surface area contributed by atoms with Gasteiger partial charge in [-0.1, -0.05) is 28.1 Å². The van der Waals surface area contributed by atoms with Gasteiger partial charge < -0.3 is 5.32 Å². The van der Waals surface area contributed by atoms with E-state index in [0.29, 0.717) is 5.69 Å². The molecule has 2 aromatic rings. The molecule has 1 amide bonds. The van der Waals surface area contributed by atoms with Gasteiger partial charge >= 0.3 is 0 Å². The number of nitrogens with one attached hydrogen (secondary N) is 1. The first-order chi connectivity index (χ1) is 8.11. The Morgan fingerprint density at radius 3 is 2.59 bits per heavy atom. The average molecular weight is 294 g/mol. The van der Waals surface area contributed by atoms with Crippen LogP contribution in [-0.4, -0.2) is 22.7 Å². The van der Waals surface area contributed by atoms with Gasteiger partial charge in [0.1, 0.15) is 0 Å². The summed E-state index contributed by atoms with van der Waals surface area (Å²) in [6, 6.07) is 9.66. The lowest BCUT2D eigenvalue weighted by Crippen LogP contribution is -2.18. The van der Waals surface area contributed by atoms with Crippen molar-refractivity contribution < 1.29 is 4.79 Å². The van der Waals surface area contributed by atoms with Crippen LogP contribution >= 0.6 is 15.9 Å². The Balaban J connectivity index is 2.42. The van der Waals surface area contributed by atoms with Crippen molar-refractivity contribution in [2.75, 3.05) is 7.05 Å². The molecule has 17 heavy (non-hydrogen) atoms. The van der Waals surface area contributed by atoms with Gasteiger partial charge in [-0.25, -0.2) is 0 Å². The number of aromatic nitrogens is 2. The Bertz CT molecular complexity index is 545. The van der Waals surface area contributed by atoms with Crippen LogP contribution in [0.3, 0.4) is 0 Å². The SMILES string of the molecule is CNC(=O)c1cc(-c2ccc(Br)cc2)n(C)n1. The van der Waals surface area contributed by atoms with Crippen molar-refractivity contribution in [3.8, 4) is 11.3 Å². The van der Waals surface area contributed by atoms with E-state index in [1.54, 1.807) is 17.8 Å². The Kier molecular flexibility index (Phi) is 3.28. The van der Waals surface area contributed by atoms with Gasteiger partial charge in [-0.05, 0) is 23.8 Å². The Morgan fingerprint density at radius 1 is 1.35 bits per heavy atom. The number of aryl methyl sites for hydroxylation is 1. The van der Waals surface area contributed by atoms with Gasteiger partial charge in [0.05, 0.1) is 5.69 Å². The van der Waals surface area contributed by atoms with E-state index in [1.807, 2.05) is 31.3 Å². The van der Waals surface area contributed by atoms with E-state index in [2.05, 4.69) is 26.3 Å². The highest BCUT2D eigenvalue weighted by Crippen LogP contribution is 2.22. The molecule has 2 rings (SSSR count). The van der Waals surface area contributed by atoms with Crippen molar-refractivity contribution in [3.63, 3.8) is 0 Å². The molecule has 1 N–H and O–H groups in total. The smallest absolute Gasteiger partial charge is 0.271 e. The summed E-state index contributed by atoms with van der Waals surface area (Å²) in [5, 5.41) is 6.73. The third-order valence-corrected chi connectivity index (χ3v) is 3.01. The Morgan fingerprint density at radius 2 is 2.00 bits per heavy atom. The predicted octanol–water partition coefficient (Wildman–Crippen LogP) is 2.21. The number of benzene rings is 1. The van der Waals surface area contributed by atoms with E-state index in [0.717, 1.165) is 15.7 Å². The number of carbonyl (C=O) groups excluding carboxylic acids is 1. The van der Waals surface area contributed by atoms with Crippen molar-refractivity contribution in [2.45, 2.75) is 0 Å². The molecule has 0 aliphatic carbocycles. The average Bonchev–Trinajstić information content (AvgIpc) is 2.71. The molecule has 0 atom stereocenters. The van der Waals surface area contributed by atoms with E-state index >= 15 is 0 Å². The molecule has 0 aliphatic rings. The van der Waals surface area contributed by atoms with Crippen LogP contribution in [0.1, 0.15) is 10.5 Å². The largest absolute Gasteiger partial charge is 0.354 e. The molecule has 0 radical (unpaired) electrons. The summed E-state index contributed by atoms with van der Waals surface area (Å²) < 4.78 is 2.73. The van der Waals surface area contributed by atoms with Crippen LogP contribution < -0.4 is 5.32 Å². The van der Waals surface area contributed by atoms with Gasteiger partial charge in [-0.2, -0.15) is 5.10 Å². The molecule has 88 valence electrons. The molecule has 0 bridgehead atoms. The maximum Gasteiger partial charge on any atom is 0.271 e. The van der Waals surface area contributed by atoms with Crippen LogP contribution in [0, 0.1) is 0 Å². The molecule has 0 saturated carbocycles. The second-order valence-corrected chi connectivity index (χ2v) is 4.54. The van der Waals surface area contributed by atoms with Crippen LogP contribution in [0.5, 0.6) is 0 Å². The molecule has 4 nitrogen and oxygen atoms in total. The zero-order valence-electron chi connectivity index (χ0n) is 9.57. The molecule has 0 spiro atoms. The molecular weight excluding hydrogens is 282 g/mol. The van der Waals surface area contributed by atoms with E-state index in [-0.39, 0.29) is 5.91 Å². The highest BCUT2D eigenvalue weighted by molar-refractivity contribution is 9.10. The summed E-state index contributed by atoms with van der Waals surface area (Å²) in [5.74, 6) is -0.177. The second kappa shape index (κ2) is 4.71. The second-order valence-electron chi connectivity index (χ2n) is 3.62. The Hall–Kier alpha value is -1.62. The van der Waals surface area contributed by atoms with Crippen molar-refractivity contribution in [1.82, 2.24) is 15.1 Å². The van der Waals surface area contributed by atoms with Gasteiger partial charge in [0.15, 0.2) is 5.69 Å². The predicted molar refractivity (Wildman–Crippen MR) is 69.7 cm³/mol. The molecule has 1 heterocycles. The van der Waals surface area contributed by atoms with Gasteiger partial charge in [-0.3, -0.25) is 9.48 Å². The summed E-state index contributed by atoms with van der Waals surface area (Å²) in [4.78, 5) is 11.5. The minimum Gasteiger partial charge on any atom is -0.354 e. The van der Waals surface area contributed by atoms with Crippen LogP contribution in [-0.2, 0) is 7.05 Å². The number of carbonyl (C=O) groups is 1. The molecule has 1 aromatic carbocycles. The summed E-state index contributed by atoms with van der Waals surface area (Å²) >= 11 is 3.39. The third-order valence-electron chi connectivity index (χ3n) is 2.48. The zero-order chi connectivity index (χ0) is 12.4. The van der Waals surface area contributed by atoms with Gasteiger partial charge in [0.25, 0.3) is 5.91 Å². The van der Waals surface area contributed by atoms with Gasteiger partial charge in [0.2, 0.25) is 0 Å². The number of nitrogens with zero attached hydrogens (tertiary/aromatic N) is 2. The summed E-state index contributed by atoms with van der Waals surface area (Å²) in [7, 11) is 3.42. The molecule has 5 heteroatoms. The number of halogens is 1. The fourth-order valence-corrected chi connectivity index (χ4v) is 1.86. The van der Waals surface area contributed by atoms with Crippen LogP contribution in [0.15, 0.2) is 34.8 Å². The van der Waals surface area contributed by atoms with Crippen molar-refractivity contribution in [2.24, 2.45) is 7.05 Å². The van der Waals surface area contributed by atoms with Gasteiger partial charge in [-0.15, -0.1) is 0 Å². The summed E-state index contributed by atoms with van der Waals surface area (Å²) in [6.07, 6.45) is 0. The summed E-state index contributed by atoms with van der Waals surface area (Å²) in [5.41, 5.74) is 2.36. The standard InChI is InChI=1S/C12H12BrN3O/c1-14-12(17)10-7-11(16(2)15-10)8-3-5-9(13)6-4-8/h3-7H,1-2H3,(H,14,17). The molecule has 0 unspecified atom stereocenters. The molecule has 0 aliphatic heterocycles. The van der Waals surface area contributed by atoms with Crippen LogP contribution in [0.2, 0.25) is 0 Å². The quantitative estimate of drug-likeness (QED) is 0.923. The first-order valence-electron chi connectivity index (χ1n) is 5.14. The monoisotopic (exact) mass is 293 g/mol. The lowest BCUT2D eigenvalue weighted by Gasteiger charge is -2.01. The van der Waals surface area contributed by atoms with E-state index in [9.17, 15) is 4.79 Å². The maximum absolute atomic E-state index is 11.5.